The maximum Gasteiger partial charge on any atom is 0.313 e. The van der Waals surface area contributed by atoms with Gasteiger partial charge in [0.2, 0.25) is 0 Å². The van der Waals surface area contributed by atoms with Crippen LogP contribution in [0.1, 0.15) is 27.7 Å². The molecule has 31 heavy (non-hydrogen) atoms. The first-order chi connectivity index (χ1) is 14.7. The summed E-state index contributed by atoms with van der Waals surface area (Å²) in [6.07, 6.45) is 0. The third-order valence-corrected chi connectivity index (χ3v) is 7.24. The van der Waals surface area contributed by atoms with Crippen LogP contribution >= 0.6 is 11.3 Å². The van der Waals surface area contributed by atoms with Crippen molar-refractivity contribution in [1.82, 2.24) is 4.98 Å². The fourth-order valence-corrected chi connectivity index (χ4v) is 4.52. The number of benzene rings is 3. The summed E-state index contributed by atoms with van der Waals surface area (Å²) in [5, 5.41) is 13.5. The number of fused-ring (bicyclic) bond motifs is 4. The maximum atomic E-state index is 10.4. The summed E-state index contributed by atoms with van der Waals surface area (Å²) in [7, 11) is 0.360. The number of rotatable bonds is 5. The number of thiazole rings is 1. The molecule has 0 radical (unpaired) electrons. The van der Waals surface area contributed by atoms with Crippen LogP contribution in [0, 0.1) is 0 Å². The molecule has 0 spiro atoms. The minimum absolute atomic E-state index is 0.360. The molecule has 5 aromatic rings. The number of para-hydroxylation sites is 1. The van der Waals surface area contributed by atoms with Crippen LogP contribution in [-0.4, -0.2) is 28.8 Å². The molecule has 0 atom stereocenters. The lowest BCUT2D eigenvalue weighted by Crippen LogP contribution is -2.49. The molecule has 156 valence electrons. The van der Waals surface area contributed by atoms with Crippen molar-refractivity contribution in [2.45, 2.75) is 38.9 Å². The summed E-state index contributed by atoms with van der Waals surface area (Å²) in [4.78, 5) is 4.83. The molecule has 0 bridgehead atoms. The molecule has 0 saturated heterocycles. The molecule has 0 amide bonds. The molecule has 0 aliphatic carbocycles. The van der Waals surface area contributed by atoms with Gasteiger partial charge < -0.3 is 14.2 Å². The Bertz CT molecular complexity index is 1400. The molecular weight excluding hydrogens is 405 g/mol. The van der Waals surface area contributed by atoms with Gasteiger partial charge in [0.25, 0.3) is 0 Å². The molecule has 4 nitrogen and oxygen atoms in total. The number of hydrogen-bond donors (Lipinski definition) is 1. The first kappa shape index (κ1) is 20.2. The zero-order valence-electron chi connectivity index (χ0n) is 18.1. The normalized spacial score (nSPS) is 12.8. The van der Waals surface area contributed by atoms with Crippen molar-refractivity contribution >= 4 is 56.4 Å². The van der Waals surface area contributed by atoms with E-state index in [1.165, 1.54) is 0 Å². The SMILES string of the molecule is CC(C)(O)C(C)(C)OBc1cccc2c1oc1cc3nc(-c4ccccc4)sc3cc12. The Kier molecular flexibility index (Phi) is 4.70. The summed E-state index contributed by atoms with van der Waals surface area (Å²) < 4.78 is 13.5. The average molecular weight is 429 g/mol. The topological polar surface area (TPSA) is 55.5 Å². The van der Waals surface area contributed by atoms with Crippen LogP contribution in [0.4, 0.5) is 0 Å². The maximum absolute atomic E-state index is 10.4. The lowest BCUT2D eigenvalue weighted by molar-refractivity contribution is -0.0893. The van der Waals surface area contributed by atoms with E-state index in [1.54, 1.807) is 25.2 Å². The number of furan rings is 1. The van der Waals surface area contributed by atoms with Crippen molar-refractivity contribution < 1.29 is 14.2 Å². The number of hydrogen-bond acceptors (Lipinski definition) is 5. The summed E-state index contributed by atoms with van der Waals surface area (Å²) in [6, 6.07) is 20.6. The Hall–Kier alpha value is -2.67. The van der Waals surface area contributed by atoms with E-state index in [4.69, 9.17) is 14.1 Å². The van der Waals surface area contributed by atoms with Gasteiger partial charge in [-0.15, -0.1) is 11.3 Å². The summed E-state index contributed by atoms with van der Waals surface area (Å²) in [6.45, 7) is 7.32. The number of aliphatic hydroxyl groups is 1. The molecule has 0 unspecified atom stereocenters. The fourth-order valence-electron chi connectivity index (χ4n) is 3.53. The molecule has 2 aromatic heterocycles. The molecule has 5 rings (SSSR count). The van der Waals surface area contributed by atoms with Gasteiger partial charge in [-0.05, 0) is 39.2 Å². The van der Waals surface area contributed by atoms with Gasteiger partial charge in [0, 0.05) is 22.4 Å². The largest absolute Gasteiger partial charge is 0.456 e. The van der Waals surface area contributed by atoms with Crippen LogP contribution in [-0.2, 0) is 4.65 Å². The molecule has 2 heterocycles. The molecular formula is C25H24BNO3S. The van der Waals surface area contributed by atoms with Crippen LogP contribution in [0.15, 0.2) is 65.1 Å². The fraction of sp³-hybridized carbons (Fsp3) is 0.240. The van der Waals surface area contributed by atoms with E-state index < -0.39 is 11.2 Å². The van der Waals surface area contributed by atoms with E-state index >= 15 is 0 Å². The zero-order valence-corrected chi connectivity index (χ0v) is 18.9. The second kappa shape index (κ2) is 7.19. The summed E-state index contributed by atoms with van der Waals surface area (Å²) >= 11 is 1.69. The van der Waals surface area contributed by atoms with Crippen LogP contribution in [0.25, 0.3) is 42.7 Å². The monoisotopic (exact) mass is 429 g/mol. The first-order valence-electron chi connectivity index (χ1n) is 10.4. The highest BCUT2D eigenvalue weighted by atomic mass is 32.1. The van der Waals surface area contributed by atoms with E-state index in [0.29, 0.717) is 7.48 Å². The van der Waals surface area contributed by atoms with Crippen molar-refractivity contribution in [2.24, 2.45) is 0 Å². The van der Waals surface area contributed by atoms with Gasteiger partial charge in [-0.1, -0.05) is 48.5 Å². The number of aromatic nitrogens is 1. The van der Waals surface area contributed by atoms with Gasteiger partial charge in [0.05, 0.1) is 21.4 Å². The van der Waals surface area contributed by atoms with E-state index in [0.717, 1.165) is 48.2 Å². The highest BCUT2D eigenvalue weighted by Gasteiger charge is 2.36. The van der Waals surface area contributed by atoms with E-state index in [1.807, 2.05) is 50.2 Å². The molecule has 3 aromatic carbocycles. The quantitative estimate of drug-likeness (QED) is 0.380. The molecule has 0 saturated carbocycles. The molecule has 0 aliphatic heterocycles. The second-order valence-electron chi connectivity index (χ2n) is 8.96. The van der Waals surface area contributed by atoms with Crippen LogP contribution in [0.2, 0.25) is 0 Å². The lowest BCUT2D eigenvalue weighted by Gasteiger charge is -2.37. The molecule has 0 aliphatic rings. The van der Waals surface area contributed by atoms with Crippen LogP contribution < -0.4 is 5.46 Å². The van der Waals surface area contributed by atoms with E-state index in [-0.39, 0.29) is 0 Å². The molecule has 6 heteroatoms. The third kappa shape index (κ3) is 3.55. The highest BCUT2D eigenvalue weighted by Crippen LogP contribution is 2.36. The second-order valence-corrected chi connectivity index (χ2v) is 9.99. The highest BCUT2D eigenvalue weighted by molar-refractivity contribution is 7.21. The van der Waals surface area contributed by atoms with Crippen molar-refractivity contribution in [3.05, 3.63) is 60.7 Å². The molecule has 0 fully saturated rings. The zero-order chi connectivity index (χ0) is 21.8. The Balaban J connectivity index is 1.56. The Labute approximate surface area is 185 Å². The predicted molar refractivity (Wildman–Crippen MR) is 131 cm³/mol. The lowest BCUT2D eigenvalue weighted by atomic mass is 9.82. The summed E-state index contributed by atoms with van der Waals surface area (Å²) in [5.74, 6) is 0. The van der Waals surface area contributed by atoms with Crippen molar-refractivity contribution in [3.8, 4) is 10.6 Å². The van der Waals surface area contributed by atoms with Crippen molar-refractivity contribution in [1.29, 1.82) is 0 Å². The standard InChI is InChI=1S/C25H24BNO3S/c1-24(2,28)25(3,4)30-26-18-12-8-11-16-17-13-21-19(14-20(17)29-22(16)18)27-23(31-21)15-9-6-5-7-10-15/h5-14,26,28H,1-4H3. The molecule has 1 N–H and O–H groups in total. The smallest absolute Gasteiger partial charge is 0.313 e. The predicted octanol–water partition coefficient (Wildman–Crippen LogP) is 5.41. The average Bonchev–Trinajstić information content (AvgIpc) is 3.31. The third-order valence-electron chi connectivity index (χ3n) is 6.17. The first-order valence-corrected chi connectivity index (χ1v) is 11.2. The summed E-state index contributed by atoms with van der Waals surface area (Å²) in [5.41, 5.74) is 3.03. The van der Waals surface area contributed by atoms with Crippen LogP contribution in [0.5, 0.6) is 0 Å². The van der Waals surface area contributed by atoms with Gasteiger partial charge >= 0.3 is 7.48 Å². The van der Waals surface area contributed by atoms with Crippen molar-refractivity contribution in [3.63, 3.8) is 0 Å². The Morgan fingerprint density at radius 2 is 1.74 bits per heavy atom. The minimum atomic E-state index is -0.957. The van der Waals surface area contributed by atoms with Crippen molar-refractivity contribution in [2.75, 3.05) is 0 Å². The Morgan fingerprint density at radius 1 is 0.968 bits per heavy atom. The number of nitrogens with zero attached hydrogens (tertiary/aromatic N) is 1. The van der Waals surface area contributed by atoms with Gasteiger partial charge in [0.15, 0.2) is 0 Å². The van der Waals surface area contributed by atoms with Gasteiger partial charge in [-0.2, -0.15) is 0 Å². The Morgan fingerprint density at radius 3 is 2.48 bits per heavy atom. The van der Waals surface area contributed by atoms with E-state index in [2.05, 4.69) is 24.3 Å². The van der Waals surface area contributed by atoms with Gasteiger partial charge in [-0.25, -0.2) is 4.98 Å². The van der Waals surface area contributed by atoms with Crippen LogP contribution in [0.3, 0.4) is 0 Å². The van der Waals surface area contributed by atoms with Gasteiger partial charge in [-0.3, -0.25) is 0 Å². The van der Waals surface area contributed by atoms with E-state index in [9.17, 15) is 5.11 Å². The van der Waals surface area contributed by atoms with Gasteiger partial charge in [0.1, 0.15) is 16.2 Å². The minimum Gasteiger partial charge on any atom is -0.456 e.